The summed E-state index contributed by atoms with van der Waals surface area (Å²) in [6.45, 7) is 5.17. The van der Waals surface area contributed by atoms with E-state index in [0.29, 0.717) is 5.02 Å². The largest absolute Gasteiger partial charge is 0.384 e. The zero-order valence-corrected chi connectivity index (χ0v) is 11.0. The number of aryl methyl sites for hydroxylation is 1. The van der Waals surface area contributed by atoms with Gasteiger partial charge >= 0.3 is 0 Å². The Labute approximate surface area is 107 Å². The van der Waals surface area contributed by atoms with Crippen molar-refractivity contribution in [3.8, 4) is 0 Å². The minimum Gasteiger partial charge on any atom is -0.384 e. The Bertz CT molecular complexity index is 523. The number of rotatable bonds is 4. The molecule has 2 nitrogen and oxygen atoms in total. The average Bonchev–Trinajstić information content (AvgIpc) is 2.31. The molecule has 0 unspecified atom stereocenters. The number of anilines is 1. The van der Waals surface area contributed by atoms with Crippen LogP contribution in [0.1, 0.15) is 25.5 Å². The van der Waals surface area contributed by atoms with Gasteiger partial charge in [0.2, 0.25) is 0 Å². The van der Waals surface area contributed by atoms with Crippen LogP contribution in [-0.2, 0) is 0 Å². The van der Waals surface area contributed by atoms with Gasteiger partial charge in [-0.05, 0) is 25.5 Å². The second kappa shape index (κ2) is 5.37. The lowest BCUT2D eigenvalue weighted by molar-refractivity contribution is 0.835. The van der Waals surface area contributed by atoms with Gasteiger partial charge in [-0.25, -0.2) is 0 Å². The summed E-state index contributed by atoms with van der Waals surface area (Å²) in [5, 5.41) is 5.27. The monoisotopic (exact) mass is 248 g/mol. The third-order valence-corrected chi connectivity index (χ3v) is 3.07. The van der Waals surface area contributed by atoms with Crippen LogP contribution in [0.25, 0.3) is 10.9 Å². The van der Waals surface area contributed by atoms with Crippen molar-refractivity contribution in [1.82, 2.24) is 4.98 Å². The predicted molar refractivity (Wildman–Crippen MR) is 74.9 cm³/mol. The van der Waals surface area contributed by atoms with E-state index in [4.69, 9.17) is 11.6 Å². The van der Waals surface area contributed by atoms with Gasteiger partial charge < -0.3 is 5.32 Å². The summed E-state index contributed by atoms with van der Waals surface area (Å²) in [5.41, 5.74) is 3.00. The standard InChI is InChI=1S/C14H17ClN2/c1-3-4-8-16-13-9-10(2)17-14-11(13)6-5-7-12(14)15/h5-7,9H,3-4,8H2,1-2H3,(H,16,17). The average molecular weight is 249 g/mol. The molecule has 0 aliphatic heterocycles. The molecule has 2 rings (SSSR count). The molecular weight excluding hydrogens is 232 g/mol. The van der Waals surface area contributed by atoms with Gasteiger partial charge in [-0.15, -0.1) is 0 Å². The number of unbranched alkanes of at least 4 members (excludes halogenated alkanes) is 1. The third-order valence-electron chi connectivity index (χ3n) is 2.76. The van der Waals surface area contributed by atoms with Gasteiger partial charge in [-0.3, -0.25) is 4.98 Å². The molecule has 0 amide bonds. The molecule has 0 aliphatic carbocycles. The molecule has 90 valence electrons. The molecule has 0 atom stereocenters. The summed E-state index contributed by atoms with van der Waals surface area (Å²) in [7, 11) is 0. The molecule has 1 aromatic carbocycles. The van der Waals surface area contributed by atoms with Crippen LogP contribution < -0.4 is 5.32 Å². The lowest BCUT2D eigenvalue weighted by atomic mass is 10.1. The molecule has 0 aliphatic rings. The SMILES string of the molecule is CCCCNc1cc(C)nc2c(Cl)cccc12. The van der Waals surface area contributed by atoms with Crippen molar-refractivity contribution < 1.29 is 0 Å². The second-order valence-electron chi connectivity index (χ2n) is 4.23. The summed E-state index contributed by atoms with van der Waals surface area (Å²) >= 11 is 6.17. The number of hydrogen-bond acceptors (Lipinski definition) is 2. The van der Waals surface area contributed by atoms with E-state index in [0.717, 1.165) is 28.8 Å². The van der Waals surface area contributed by atoms with Gasteiger partial charge in [-0.2, -0.15) is 0 Å². The van der Waals surface area contributed by atoms with Crippen molar-refractivity contribution in [2.24, 2.45) is 0 Å². The van der Waals surface area contributed by atoms with Crippen LogP contribution in [0.2, 0.25) is 5.02 Å². The summed E-state index contributed by atoms with van der Waals surface area (Å²) in [6.07, 6.45) is 2.36. The van der Waals surface area contributed by atoms with Crippen molar-refractivity contribution in [2.75, 3.05) is 11.9 Å². The molecule has 0 radical (unpaired) electrons. The number of hydrogen-bond donors (Lipinski definition) is 1. The molecule has 2 aromatic rings. The van der Waals surface area contributed by atoms with E-state index < -0.39 is 0 Å². The predicted octanol–water partition coefficient (Wildman–Crippen LogP) is 4.41. The summed E-state index contributed by atoms with van der Waals surface area (Å²) in [6, 6.07) is 7.98. The van der Waals surface area contributed by atoms with Crippen molar-refractivity contribution in [1.29, 1.82) is 0 Å². The Balaban J connectivity index is 2.43. The summed E-state index contributed by atoms with van der Waals surface area (Å²) < 4.78 is 0. The topological polar surface area (TPSA) is 24.9 Å². The number of benzene rings is 1. The minimum atomic E-state index is 0.713. The van der Waals surface area contributed by atoms with E-state index in [1.165, 1.54) is 12.8 Å². The van der Waals surface area contributed by atoms with Crippen molar-refractivity contribution in [3.05, 3.63) is 35.0 Å². The number of nitrogens with one attached hydrogen (secondary N) is 1. The fourth-order valence-corrected chi connectivity index (χ4v) is 2.10. The fraction of sp³-hybridized carbons (Fsp3) is 0.357. The van der Waals surface area contributed by atoms with E-state index in [1.807, 2.05) is 19.1 Å². The van der Waals surface area contributed by atoms with Crippen LogP contribution in [0.15, 0.2) is 24.3 Å². The van der Waals surface area contributed by atoms with Crippen LogP contribution in [0.3, 0.4) is 0 Å². The third kappa shape index (κ3) is 2.70. The number of halogens is 1. The number of pyridine rings is 1. The second-order valence-corrected chi connectivity index (χ2v) is 4.63. The fourth-order valence-electron chi connectivity index (χ4n) is 1.89. The van der Waals surface area contributed by atoms with E-state index in [-0.39, 0.29) is 0 Å². The van der Waals surface area contributed by atoms with Crippen molar-refractivity contribution in [2.45, 2.75) is 26.7 Å². The van der Waals surface area contributed by atoms with Gasteiger partial charge in [0.15, 0.2) is 0 Å². The van der Waals surface area contributed by atoms with Crippen LogP contribution in [0, 0.1) is 6.92 Å². The minimum absolute atomic E-state index is 0.713. The molecule has 0 saturated carbocycles. The Kier molecular flexibility index (Phi) is 3.85. The van der Waals surface area contributed by atoms with E-state index >= 15 is 0 Å². The van der Waals surface area contributed by atoms with Gasteiger partial charge in [0.1, 0.15) is 0 Å². The van der Waals surface area contributed by atoms with Gasteiger partial charge in [0.25, 0.3) is 0 Å². The van der Waals surface area contributed by atoms with Crippen molar-refractivity contribution >= 4 is 28.2 Å². The number of nitrogens with zero attached hydrogens (tertiary/aromatic N) is 1. The maximum atomic E-state index is 6.17. The van der Waals surface area contributed by atoms with Crippen LogP contribution >= 0.6 is 11.6 Å². The zero-order chi connectivity index (χ0) is 12.3. The highest BCUT2D eigenvalue weighted by Crippen LogP contribution is 2.28. The Morgan fingerprint density at radius 2 is 2.18 bits per heavy atom. The van der Waals surface area contributed by atoms with Crippen LogP contribution in [-0.4, -0.2) is 11.5 Å². The van der Waals surface area contributed by atoms with Crippen LogP contribution in [0.5, 0.6) is 0 Å². The first-order valence-electron chi connectivity index (χ1n) is 6.02. The maximum Gasteiger partial charge on any atom is 0.0912 e. The van der Waals surface area contributed by atoms with Gasteiger partial charge in [-0.1, -0.05) is 37.1 Å². The van der Waals surface area contributed by atoms with E-state index in [1.54, 1.807) is 0 Å². The van der Waals surface area contributed by atoms with E-state index in [9.17, 15) is 0 Å². The molecule has 3 heteroatoms. The van der Waals surface area contributed by atoms with Gasteiger partial charge in [0, 0.05) is 23.3 Å². The number of aromatic nitrogens is 1. The number of fused-ring (bicyclic) bond motifs is 1. The zero-order valence-electron chi connectivity index (χ0n) is 10.3. The first-order valence-corrected chi connectivity index (χ1v) is 6.40. The Morgan fingerprint density at radius 3 is 2.94 bits per heavy atom. The molecule has 0 saturated heterocycles. The first kappa shape index (κ1) is 12.2. The van der Waals surface area contributed by atoms with Crippen molar-refractivity contribution in [3.63, 3.8) is 0 Å². The summed E-state index contributed by atoms with van der Waals surface area (Å²) in [5.74, 6) is 0. The molecule has 0 bridgehead atoms. The lowest BCUT2D eigenvalue weighted by Gasteiger charge is -2.11. The Hall–Kier alpha value is -1.28. The Morgan fingerprint density at radius 1 is 1.35 bits per heavy atom. The highest BCUT2D eigenvalue weighted by molar-refractivity contribution is 6.35. The molecule has 17 heavy (non-hydrogen) atoms. The quantitative estimate of drug-likeness (QED) is 0.811. The van der Waals surface area contributed by atoms with Gasteiger partial charge in [0.05, 0.1) is 10.5 Å². The molecule has 0 spiro atoms. The van der Waals surface area contributed by atoms with E-state index in [2.05, 4.69) is 29.4 Å². The highest BCUT2D eigenvalue weighted by Gasteiger charge is 2.06. The molecule has 1 N–H and O–H groups in total. The summed E-state index contributed by atoms with van der Waals surface area (Å²) in [4.78, 5) is 4.49. The normalized spacial score (nSPS) is 10.8. The van der Waals surface area contributed by atoms with Crippen LogP contribution in [0.4, 0.5) is 5.69 Å². The molecular formula is C14H17ClN2. The number of para-hydroxylation sites is 1. The smallest absolute Gasteiger partial charge is 0.0912 e. The lowest BCUT2D eigenvalue weighted by Crippen LogP contribution is -2.02. The molecule has 1 heterocycles. The molecule has 0 fully saturated rings. The maximum absolute atomic E-state index is 6.17. The molecule has 1 aromatic heterocycles. The highest BCUT2D eigenvalue weighted by atomic mass is 35.5. The first-order chi connectivity index (χ1) is 8.22.